The van der Waals surface area contributed by atoms with Gasteiger partial charge in [-0.3, -0.25) is 4.79 Å². The third kappa shape index (κ3) is 3.71. The maximum atomic E-state index is 13.6. The van der Waals surface area contributed by atoms with Gasteiger partial charge >= 0.3 is 0 Å². The summed E-state index contributed by atoms with van der Waals surface area (Å²) in [6.07, 6.45) is 0.396. The molecule has 2 aromatic rings. The predicted octanol–water partition coefficient (Wildman–Crippen LogP) is 3.90. The van der Waals surface area contributed by atoms with E-state index >= 15 is 0 Å². The van der Waals surface area contributed by atoms with Crippen molar-refractivity contribution in [3.05, 3.63) is 59.2 Å². The highest BCUT2D eigenvalue weighted by Gasteiger charge is 2.62. The summed E-state index contributed by atoms with van der Waals surface area (Å²) in [5, 5.41) is 2.72. The zero-order valence-electron chi connectivity index (χ0n) is 16.5. The number of aryl methyl sites for hydroxylation is 1. The lowest BCUT2D eigenvalue weighted by Gasteiger charge is -2.52. The summed E-state index contributed by atoms with van der Waals surface area (Å²) < 4.78 is 45.7. The van der Waals surface area contributed by atoms with Crippen molar-refractivity contribution >= 4 is 17.6 Å². The fourth-order valence-electron chi connectivity index (χ4n) is 4.42. The average molecular weight is 418 g/mol. The zero-order valence-corrected chi connectivity index (χ0v) is 16.5. The van der Waals surface area contributed by atoms with E-state index in [1.807, 2.05) is 13.8 Å². The van der Waals surface area contributed by atoms with Crippen LogP contribution in [0, 0.1) is 12.7 Å². The van der Waals surface area contributed by atoms with Gasteiger partial charge in [0.05, 0.1) is 24.6 Å². The van der Waals surface area contributed by atoms with Crippen LogP contribution in [0.3, 0.4) is 0 Å². The maximum Gasteiger partial charge on any atom is 0.283 e. The Morgan fingerprint density at radius 2 is 1.93 bits per heavy atom. The molecule has 1 aliphatic heterocycles. The zero-order chi connectivity index (χ0) is 21.7. The molecule has 0 bridgehead atoms. The van der Waals surface area contributed by atoms with Crippen molar-refractivity contribution in [1.29, 1.82) is 0 Å². The molecule has 3 N–H and O–H groups in total. The molecule has 9 heteroatoms. The minimum absolute atomic E-state index is 0.0636. The molecule has 30 heavy (non-hydrogen) atoms. The van der Waals surface area contributed by atoms with E-state index in [0.717, 1.165) is 23.4 Å². The van der Waals surface area contributed by atoms with Gasteiger partial charge < -0.3 is 15.8 Å². The number of ether oxygens (including phenoxy) is 1. The lowest BCUT2D eigenvalue weighted by molar-refractivity contribution is -0.210. The number of hydrogen-bond donors (Lipinski definition) is 2. The van der Waals surface area contributed by atoms with Crippen LogP contribution in [0.15, 0.2) is 41.5 Å². The molecular formula is C21H21F3N4O2. The SMILES string of the molecule is Cc1ccc(NC(=O)c2ccc(F)cn2)cc1C1(C)CC2(CC(F)(F)C2)OC(N)=N1. The Labute approximate surface area is 171 Å². The van der Waals surface area contributed by atoms with Crippen molar-refractivity contribution in [2.75, 3.05) is 5.32 Å². The van der Waals surface area contributed by atoms with Crippen LogP contribution in [0.5, 0.6) is 0 Å². The number of pyridine rings is 1. The Balaban J connectivity index is 1.62. The molecule has 1 fully saturated rings. The number of amides is 1. The number of nitrogens with two attached hydrogens (primary N) is 1. The number of halogens is 3. The van der Waals surface area contributed by atoms with Crippen molar-refractivity contribution in [2.24, 2.45) is 10.7 Å². The van der Waals surface area contributed by atoms with E-state index in [0.29, 0.717) is 5.69 Å². The highest BCUT2D eigenvalue weighted by atomic mass is 19.3. The lowest BCUT2D eigenvalue weighted by atomic mass is 9.67. The van der Waals surface area contributed by atoms with Crippen LogP contribution in [-0.2, 0) is 10.3 Å². The Morgan fingerprint density at radius 3 is 2.57 bits per heavy atom. The van der Waals surface area contributed by atoms with Gasteiger partial charge in [0.2, 0.25) is 0 Å². The number of benzene rings is 1. The molecule has 1 spiro atoms. The summed E-state index contributed by atoms with van der Waals surface area (Å²) in [6.45, 7) is 3.69. The smallest absolute Gasteiger partial charge is 0.283 e. The van der Waals surface area contributed by atoms with Crippen LogP contribution < -0.4 is 11.1 Å². The molecular weight excluding hydrogens is 397 g/mol. The van der Waals surface area contributed by atoms with Gasteiger partial charge in [0.25, 0.3) is 17.9 Å². The topological polar surface area (TPSA) is 89.6 Å². The first-order valence-corrected chi connectivity index (χ1v) is 9.46. The van der Waals surface area contributed by atoms with Gasteiger partial charge in [0.15, 0.2) is 0 Å². The number of aliphatic imine (C=N–C) groups is 1. The molecule has 1 unspecified atom stereocenters. The molecule has 158 valence electrons. The quantitative estimate of drug-likeness (QED) is 0.791. The Morgan fingerprint density at radius 1 is 1.20 bits per heavy atom. The summed E-state index contributed by atoms with van der Waals surface area (Å²) >= 11 is 0. The molecule has 1 aliphatic carbocycles. The summed E-state index contributed by atoms with van der Waals surface area (Å²) in [7, 11) is 0. The highest BCUT2D eigenvalue weighted by Crippen LogP contribution is 2.55. The fraction of sp³-hybridized carbons (Fsp3) is 0.381. The molecule has 2 aliphatic rings. The van der Waals surface area contributed by atoms with Crippen LogP contribution >= 0.6 is 0 Å². The van der Waals surface area contributed by atoms with Crippen LogP contribution in [0.2, 0.25) is 0 Å². The maximum absolute atomic E-state index is 13.6. The standard InChI is InChI=1S/C21H21F3N4O2/c1-12-3-5-14(27-17(29)16-6-4-13(22)8-26-16)7-15(12)19(2)9-20(30-18(25)28-19)10-21(23,24)11-20/h3-8H,9-11H2,1-2H3,(H2,25,28)(H,27,29). The van der Waals surface area contributed by atoms with Crippen LogP contribution in [-0.4, -0.2) is 28.4 Å². The number of aromatic nitrogens is 1. The average Bonchev–Trinajstić information content (AvgIpc) is 2.61. The number of carbonyl (C=O) groups excluding carboxylic acids is 1. The number of hydrogen-bond acceptors (Lipinski definition) is 5. The fourth-order valence-corrected chi connectivity index (χ4v) is 4.42. The molecule has 6 nitrogen and oxygen atoms in total. The summed E-state index contributed by atoms with van der Waals surface area (Å²) in [4.78, 5) is 20.6. The third-order valence-corrected chi connectivity index (χ3v) is 5.54. The van der Waals surface area contributed by atoms with Crippen molar-refractivity contribution in [3.63, 3.8) is 0 Å². The van der Waals surface area contributed by atoms with E-state index in [2.05, 4.69) is 15.3 Å². The molecule has 1 atom stereocenters. The number of nitrogens with one attached hydrogen (secondary N) is 1. The molecule has 0 saturated heterocycles. The van der Waals surface area contributed by atoms with Crippen LogP contribution in [0.4, 0.5) is 18.9 Å². The third-order valence-electron chi connectivity index (χ3n) is 5.54. The van der Waals surface area contributed by atoms with Gasteiger partial charge in [0.1, 0.15) is 17.1 Å². The van der Waals surface area contributed by atoms with Gasteiger partial charge in [-0.2, -0.15) is 0 Å². The molecule has 1 aromatic heterocycles. The number of nitrogens with zero attached hydrogens (tertiary/aromatic N) is 2. The number of alkyl halides is 2. The van der Waals surface area contributed by atoms with Crippen molar-refractivity contribution < 1.29 is 22.7 Å². The monoisotopic (exact) mass is 418 g/mol. The first-order chi connectivity index (χ1) is 14.0. The molecule has 1 saturated carbocycles. The van der Waals surface area contributed by atoms with E-state index in [1.54, 1.807) is 18.2 Å². The normalized spacial score (nSPS) is 23.8. The Hall–Kier alpha value is -3.10. The first kappa shape index (κ1) is 20.2. The van der Waals surface area contributed by atoms with E-state index in [-0.39, 0.29) is 18.1 Å². The van der Waals surface area contributed by atoms with Gasteiger partial charge in [0, 0.05) is 12.1 Å². The van der Waals surface area contributed by atoms with Crippen LogP contribution in [0.25, 0.3) is 0 Å². The van der Waals surface area contributed by atoms with Crippen molar-refractivity contribution in [2.45, 2.75) is 50.2 Å². The Bertz CT molecular complexity index is 1030. The van der Waals surface area contributed by atoms with E-state index in [4.69, 9.17) is 10.5 Å². The van der Waals surface area contributed by atoms with Gasteiger partial charge in [-0.05, 0) is 49.2 Å². The van der Waals surface area contributed by atoms with Crippen molar-refractivity contribution in [3.8, 4) is 0 Å². The lowest BCUT2D eigenvalue weighted by Crippen LogP contribution is -2.60. The second-order valence-electron chi connectivity index (χ2n) is 8.24. The van der Waals surface area contributed by atoms with E-state index in [9.17, 15) is 18.0 Å². The molecule has 4 rings (SSSR count). The van der Waals surface area contributed by atoms with E-state index < -0.39 is 41.6 Å². The second-order valence-corrected chi connectivity index (χ2v) is 8.24. The van der Waals surface area contributed by atoms with Crippen molar-refractivity contribution in [1.82, 2.24) is 4.98 Å². The highest BCUT2D eigenvalue weighted by molar-refractivity contribution is 6.02. The number of anilines is 1. The summed E-state index contributed by atoms with van der Waals surface area (Å²) in [5.74, 6) is -3.81. The van der Waals surface area contributed by atoms with Gasteiger partial charge in [-0.1, -0.05) is 6.07 Å². The largest absolute Gasteiger partial charge is 0.458 e. The minimum atomic E-state index is -2.77. The number of amidine groups is 1. The van der Waals surface area contributed by atoms with E-state index in [1.165, 1.54) is 6.07 Å². The van der Waals surface area contributed by atoms with Gasteiger partial charge in [-0.25, -0.2) is 23.1 Å². The summed E-state index contributed by atoms with van der Waals surface area (Å²) in [6, 6.07) is 7.56. The summed E-state index contributed by atoms with van der Waals surface area (Å²) in [5.41, 5.74) is 6.06. The van der Waals surface area contributed by atoms with Gasteiger partial charge in [-0.15, -0.1) is 0 Å². The number of carbonyl (C=O) groups is 1. The Kier molecular flexibility index (Phi) is 4.52. The second kappa shape index (κ2) is 6.72. The van der Waals surface area contributed by atoms with Crippen LogP contribution in [0.1, 0.15) is 47.8 Å². The molecule has 1 aromatic carbocycles. The predicted molar refractivity (Wildman–Crippen MR) is 105 cm³/mol. The first-order valence-electron chi connectivity index (χ1n) is 9.46. The molecule has 1 amide bonds. The minimum Gasteiger partial charge on any atom is -0.458 e. The molecule has 2 heterocycles. The number of rotatable bonds is 3. The molecule has 0 radical (unpaired) electrons.